The van der Waals surface area contributed by atoms with E-state index in [2.05, 4.69) is 83.4 Å². The number of aliphatic carboxylic acids is 1. The number of amides is 12. The van der Waals surface area contributed by atoms with Gasteiger partial charge in [0.15, 0.2) is 29.8 Å². The Morgan fingerprint density at radius 1 is 0.327 bits per heavy atom. The van der Waals surface area contributed by atoms with Gasteiger partial charge in [0.25, 0.3) is 0 Å². The van der Waals surface area contributed by atoms with E-state index in [1.165, 1.54) is 32.9 Å². The van der Waals surface area contributed by atoms with Crippen LogP contribution in [-0.4, -0.2) is 235 Å². The number of aromatic hydroxyl groups is 1. The Morgan fingerprint density at radius 2 is 0.564 bits per heavy atom. The highest BCUT2D eigenvalue weighted by Gasteiger charge is 2.36. The van der Waals surface area contributed by atoms with Crippen molar-refractivity contribution in [2.24, 2.45) is 105 Å². The van der Waals surface area contributed by atoms with Crippen molar-refractivity contribution in [2.75, 3.05) is 45.8 Å². The number of carbonyl (C=O) groups excluding carboxylic acids is 12. The molecule has 0 unspecified atom stereocenters. The number of guanidine groups is 5. The Morgan fingerprint density at radius 3 is 0.827 bits per heavy atom. The van der Waals surface area contributed by atoms with Crippen LogP contribution in [0, 0.1) is 0 Å². The molecule has 0 saturated heterocycles. The molecule has 0 aliphatic rings. The number of phenolic OH excluding ortho intramolecular Hbond substituents is 1. The van der Waals surface area contributed by atoms with Crippen molar-refractivity contribution in [3.63, 3.8) is 0 Å². The van der Waals surface area contributed by atoms with Gasteiger partial charge in [0.1, 0.15) is 72.2 Å². The van der Waals surface area contributed by atoms with E-state index >= 15 is 0 Å². The van der Waals surface area contributed by atoms with Gasteiger partial charge in [0.2, 0.25) is 70.9 Å². The molecule has 45 nitrogen and oxygen atoms in total. The van der Waals surface area contributed by atoms with Gasteiger partial charge in [-0.1, -0.05) is 12.1 Å². The highest BCUT2D eigenvalue weighted by Crippen LogP contribution is 2.14. The number of carboxylic acid groups (broad SMARTS) is 1. The van der Waals surface area contributed by atoms with E-state index in [-0.39, 0.29) is 178 Å². The fourth-order valence-corrected chi connectivity index (χ4v) is 10.3. The number of rotatable bonds is 56. The van der Waals surface area contributed by atoms with Gasteiger partial charge in [-0.25, -0.2) is 4.79 Å². The highest BCUT2D eigenvalue weighted by atomic mass is 16.4. The highest BCUT2D eigenvalue weighted by molar-refractivity contribution is 5.99. The summed E-state index contributed by atoms with van der Waals surface area (Å²) in [5.74, 6) is -13.8. The quantitative estimate of drug-likeness (QED) is 0.0164. The maximum Gasteiger partial charge on any atom is 0.326 e. The lowest BCUT2D eigenvalue weighted by Crippen LogP contribution is -2.60. The van der Waals surface area contributed by atoms with Crippen molar-refractivity contribution in [1.82, 2.24) is 58.5 Å². The fraction of sp³-hybridized carbons (Fsp3) is 0.631. The van der Waals surface area contributed by atoms with Crippen LogP contribution in [0.5, 0.6) is 5.75 Å². The lowest BCUT2D eigenvalue weighted by atomic mass is 10.0. The molecule has 0 aliphatic carbocycles. The molecule has 0 heterocycles. The second-order valence-electron chi connectivity index (χ2n) is 25.8. The van der Waals surface area contributed by atoms with Crippen LogP contribution in [0.25, 0.3) is 0 Å². The maximum absolute atomic E-state index is 14.6. The number of carboxylic acids is 1. The summed E-state index contributed by atoms with van der Waals surface area (Å²) >= 11 is 0. The first kappa shape index (κ1) is 96.4. The SMILES string of the molecule is C[C@H](NC(=O)[C@H](CCC(N)=O)NC(=O)[C@H](CCCN=C(N)N)NC(=O)[C@H](CCCN=C(N)N)NC(=O)[C@H](C)NC(=O)[C@H](CCCCN)NC(=O)[C@H](CCCCN)NC(=O)[C@H](CCCN=C(N)N)NC(=O)[C@H](C)NC(=O)[C@@H](N)Cc1ccc(O)cc1)C(=O)N[C@@H](CCCN=C(N)N)C(=O)N[C@@H](CCCN=C(N)N)C(=O)O. The van der Waals surface area contributed by atoms with E-state index in [1.54, 1.807) is 12.1 Å². The molecule has 110 heavy (non-hydrogen) atoms. The number of aliphatic imine (C=N–C) groups is 5. The average Bonchev–Trinajstić information content (AvgIpc) is 0.864. The predicted molar refractivity (Wildman–Crippen MR) is 409 cm³/mol. The first-order chi connectivity index (χ1) is 51.9. The van der Waals surface area contributed by atoms with E-state index in [4.69, 9.17) is 80.3 Å². The smallest absolute Gasteiger partial charge is 0.326 e. The zero-order valence-corrected chi connectivity index (χ0v) is 62.6. The van der Waals surface area contributed by atoms with Crippen LogP contribution in [0.2, 0.25) is 0 Å². The summed E-state index contributed by atoms with van der Waals surface area (Å²) in [6.07, 6.45) is -0.0968. The first-order valence-electron chi connectivity index (χ1n) is 35.9. The molecule has 0 aliphatic heterocycles. The molecule has 41 N–H and O–H groups in total. The Kier molecular flexibility index (Phi) is 46.6. The number of hydrogen-bond acceptors (Lipinski definition) is 22. The summed E-state index contributed by atoms with van der Waals surface area (Å²) in [6, 6.07) is -11.1. The summed E-state index contributed by atoms with van der Waals surface area (Å²) in [7, 11) is 0. The van der Waals surface area contributed by atoms with Crippen molar-refractivity contribution in [2.45, 2.75) is 215 Å². The molecular weight excluding hydrogens is 1440 g/mol. The zero-order chi connectivity index (χ0) is 83.0. The number of unbranched alkanes of at least 4 members (excludes halogenated alkanes) is 2. The third-order valence-electron chi connectivity index (χ3n) is 16.3. The van der Waals surface area contributed by atoms with Crippen molar-refractivity contribution in [1.29, 1.82) is 0 Å². The Bertz CT molecular complexity index is 3300. The third kappa shape index (κ3) is 42.0. The number of phenols is 1. The molecule has 45 heteroatoms. The van der Waals surface area contributed by atoms with Gasteiger partial charge in [0, 0.05) is 39.1 Å². The molecule has 0 saturated carbocycles. The summed E-state index contributed by atoms with van der Waals surface area (Å²) in [4.78, 5) is 199. The second kappa shape index (κ2) is 53.2. The van der Waals surface area contributed by atoms with E-state index < -0.39 is 162 Å². The number of primary amides is 1. The number of nitrogens with zero attached hydrogens (tertiary/aromatic N) is 5. The minimum Gasteiger partial charge on any atom is -0.508 e. The van der Waals surface area contributed by atoms with Crippen molar-refractivity contribution in [3.05, 3.63) is 29.8 Å². The predicted octanol–water partition coefficient (Wildman–Crippen LogP) is -10.5. The standard InChI is InChI=1S/C65H118N30O15/c1-34(85-52(101)39(68)33-37-20-22-38(96)23-21-37)49(98)88-42(15-8-28-80-61(70)71)56(105)92-41(14-5-7-27-67)55(104)91-40(13-4-6-26-66)53(102)86-35(2)50(99)89-43(16-9-29-81-62(72)73)57(106)93-45(18-11-31-83-64(76)77)58(107)94-46(24-25-48(69)97)54(103)87-36(3)51(100)90-44(17-10-30-82-63(74)75)59(108)95-47(60(109)110)19-12-32-84-65(78)79/h20-23,34-36,39-47,96H,4-19,24-33,66-68H2,1-3H3,(H2,69,97)(H,85,101)(H,86,102)(H,87,103)(H,88,98)(H,89,99)(H,90,100)(H,91,104)(H,92,105)(H,93,106)(H,94,107)(H,95,108)(H,109,110)(H4,70,71,80)(H4,72,73,81)(H4,74,75,82)(H4,76,77,83)(H4,78,79,84)/t34-,35-,36-,39-,40-,41-,42-,43-,44-,45-,46-,47-/m0/s1. The summed E-state index contributed by atoms with van der Waals surface area (Å²) in [5.41, 5.74) is 78.7. The van der Waals surface area contributed by atoms with Gasteiger partial charge in [-0.05, 0) is 167 Å². The largest absolute Gasteiger partial charge is 0.508 e. The molecule has 0 radical (unpaired) electrons. The number of benzene rings is 1. The van der Waals surface area contributed by atoms with Crippen LogP contribution in [-0.2, 0) is 68.7 Å². The van der Waals surface area contributed by atoms with Gasteiger partial charge in [-0.2, -0.15) is 0 Å². The van der Waals surface area contributed by atoms with Gasteiger partial charge in [-0.3, -0.25) is 82.5 Å². The van der Waals surface area contributed by atoms with Crippen molar-refractivity contribution < 1.29 is 72.5 Å². The molecule has 1 rings (SSSR count). The fourth-order valence-electron chi connectivity index (χ4n) is 10.3. The lowest BCUT2D eigenvalue weighted by Gasteiger charge is -2.28. The summed E-state index contributed by atoms with van der Waals surface area (Å²) in [6.45, 7) is 4.13. The normalized spacial score (nSPS) is 14.1. The third-order valence-corrected chi connectivity index (χ3v) is 16.3. The minimum absolute atomic E-state index is 0.00412. The van der Waals surface area contributed by atoms with Crippen LogP contribution in [0.15, 0.2) is 49.2 Å². The molecule has 0 fully saturated rings. The second-order valence-corrected chi connectivity index (χ2v) is 25.8. The van der Waals surface area contributed by atoms with Gasteiger partial charge in [-0.15, -0.1) is 0 Å². The number of hydrogen-bond donors (Lipinski definition) is 27. The van der Waals surface area contributed by atoms with Gasteiger partial charge < -0.3 is 149 Å². The first-order valence-corrected chi connectivity index (χ1v) is 35.9. The van der Waals surface area contributed by atoms with Crippen LogP contribution >= 0.6 is 0 Å². The van der Waals surface area contributed by atoms with E-state index in [1.807, 2.05) is 0 Å². The van der Waals surface area contributed by atoms with Crippen LogP contribution in [0.3, 0.4) is 0 Å². The topological polar surface area (TPSA) is 821 Å². The van der Waals surface area contributed by atoms with Crippen LogP contribution in [0.1, 0.15) is 142 Å². The zero-order valence-electron chi connectivity index (χ0n) is 62.6. The van der Waals surface area contributed by atoms with Crippen molar-refractivity contribution in [3.8, 4) is 5.75 Å². The monoisotopic (exact) mass is 1560 g/mol. The molecule has 1 aromatic rings. The molecular formula is C65H118N30O15. The Balaban J connectivity index is 3.65. The number of carbonyl (C=O) groups is 13. The number of nitrogens with one attached hydrogen (secondary N) is 11. The molecule has 12 amide bonds. The summed E-state index contributed by atoms with van der Waals surface area (Å²) < 4.78 is 0. The lowest BCUT2D eigenvalue weighted by molar-refractivity contribution is -0.142. The molecule has 0 bridgehead atoms. The van der Waals surface area contributed by atoms with E-state index in [9.17, 15) is 72.5 Å². The molecule has 1 aromatic carbocycles. The molecule has 0 aromatic heterocycles. The van der Waals surface area contributed by atoms with E-state index in [0.29, 0.717) is 18.4 Å². The minimum atomic E-state index is -1.67. The average molecular weight is 1560 g/mol. The van der Waals surface area contributed by atoms with Gasteiger partial charge in [0.05, 0.1) is 6.04 Å². The van der Waals surface area contributed by atoms with Crippen LogP contribution < -0.4 is 139 Å². The molecule has 618 valence electrons. The molecule has 12 atom stereocenters. The van der Waals surface area contributed by atoms with Crippen LogP contribution in [0.4, 0.5) is 0 Å². The van der Waals surface area contributed by atoms with E-state index in [0.717, 1.165) is 0 Å². The maximum atomic E-state index is 14.6. The van der Waals surface area contributed by atoms with Gasteiger partial charge >= 0.3 is 5.97 Å². The Labute approximate surface area is 637 Å². The van der Waals surface area contributed by atoms with Crippen molar-refractivity contribution >= 4 is 107 Å². The summed E-state index contributed by atoms with van der Waals surface area (Å²) in [5, 5.41) is 47.5. The number of nitrogens with two attached hydrogens (primary N) is 14. The Hall–Kier alpha value is -11.6. The molecule has 0 spiro atoms.